The third-order valence-electron chi connectivity index (χ3n) is 5.99. The topological polar surface area (TPSA) is 79.5 Å². The highest BCUT2D eigenvalue weighted by Gasteiger charge is 2.50. The lowest BCUT2D eigenvalue weighted by Crippen LogP contribution is -2.38. The van der Waals surface area contributed by atoms with E-state index >= 15 is 0 Å². The van der Waals surface area contributed by atoms with Crippen LogP contribution in [0.25, 0.3) is 5.57 Å². The Morgan fingerprint density at radius 2 is 2.22 bits per heavy atom. The van der Waals surface area contributed by atoms with Gasteiger partial charge in [-0.3, -0.25) is 10.00 Å². The molecule has 7 heteroatoms. The molecule has 2 atom stereocenters. The Morgan fingerprint density at radius 1 is 1.41 bits per heavy atom. The number of likely N-dealkylation sites (N-methyl/N-ethyl adjacent to an activating group) is 1. The van der Waals surface area contributed by atoms with E-state index in [1.807, 2.05) is 13.2 Å². The van der Waals surface area contributed by atoms with Crippen LogP contribution in [-0.4, -0.2) is 59.6 Å². The summed E-state index contributed by atoms with van der Waals surface area (Å²) in [7, 11) is 3.58. The molecule has 1 aromatic rings. The van der Waals surface area contributed by atoms with Gasteiger partial charge in [-0.2, -0.15) is 5.10 Å². The van der Waals surface area contributed by atoms with Crippen LogP contribution < -0.4 is 5.32 Å². The lowest BCUT2D eigenvalue weighted by atomic mass is 9.87. The van der Waals surface area contributed by atoms with E-state index in [1.54, 1.807) is 7.05 Å². The molecule has 27 heavy (non-hydrogen) atoms. The number of hydrogen-bond acceptors (Lipinski definition) is 5. The number of alkyl carbamates (subject to hydrolysis) is 1. The average molecular weight is 377 g/mol. The molecule has 2 N–H and O–H groups in total. The molecule has 3 rings (SSSR count). The van der Waals surface area contributed by atoms with Crippen molar-refractivity contribution in [3.8, 4) is 0 Å². The molecule has 0 aliphatic carbocycles. The first-order valence-electron chi connectivity index (χ1n) is 9.93. The smallest absolute Gasteiger partial charge is 0.406 e. The summed E-state index contributed by atoms with van der Waals surface area (Å²) >= 11 is 0. The molecular weight excluding hydrogens is 344 g/mol. The summed E-state index contributed by atoms with van der Waals surface area (Å²) in [6.45, 7) is 6.20. The van der Waals surface area contributed by atoms with Crippen molar-refractivity contribution < 1.29 is 14.3 Å². The summed E-state index contributed by atoms with van der Waals surface area (Å²) in [6, 6.07) is 0. The zero-order chi connectivity index (χ0) is 19.5. The van der Waals surface area contributed by atoms with Gasteiger partial charge in [-0.25, -0.2) is 4.79 Å². The molecule has 1 fully saturated rings. The third-order valence-corrected chi connectivity index (χ3v) is 5.99. The Labute approximate surface area is 161 Å². The average Bonchev–Trinajstić information content (AvgIpc) is 3.24. The number of carbonyl (C=O) groups excluding carboxylic acids is 1. The lowest BCUT2D eigenvalue weighted by molar-refractivity contribution is -0.0871. The van der Waals surface area contributed by atoms with Crippen LogP contribution in [0.5, 0.6) is 0 Å². The highest BCUT2D eigenvalue weighted by atomic mass is 16.5. The molecule has 0 radical (unpaired) electrons. The summed E-state index contributed by atoms with van der Waals surface area (Å²) in [5.41, 5.74) is 3.35. The SMILES string of the molecule is CCC12C=C(c3n[nH]cc3CN(C)CCOC(=O)NC)CC(CC)(CC1)O2. The predicted octanol–water partition coefficient (Wildman–Crippen LogP) is 3.09. The molecule has 2 bridgehead atoms. The summed E-state index contributed by atoms with van der Waals surface area (Å²) in [5.74, 6) is 0. The van der Waals surface area contributed by atoms with E-state index in [0.29, 0.717) is 13.2 Å². The van der Waals surface area contributed by atoms with Crippen molar-refractivity contribution in [3.05, 3.63) is 23.5 Å². The van der Waals surface area contributed by atoms with Gasteiger partial charge in [0.05, 0.1) is 16.9 Å². The van der Waals surface area contributed by atoms with Crippen LogP contribution in [0.15, 0.2) is 12.3 Å². The monoisotopic (exact) mass is 376 g/mol. The molecule has 7 nitrogen and oxygen atoms in total. The molecule has 2 unspecified atom stereocenters. The minimum absolute atomic E-state index is 0.0381. The fraction of sp³-hybridized carbons (Fsp3) is 0.700. The largest absolute Gasteiger partial charge is 0.448 e. The minimum Gasteiger partial charge on any atom is -0.448 e. The molecule has 1 amide bonds. The maximum absolute atomic E-state index is 11.2. The summed E-state index contributed by atoms with van der Waals surface area (Å²) in [6.07, 6.45) is 9.06. The number of aromatic nitrogens is 2. The molecule has 0 spiro atoms. The zero-order valence-corrected chi connectivity index (χ0v) is 16.9. The van der Waals surface area contributed by atoms with Crippen molar-refractivity contribution >= 4 is 11.7 Å². The fourth-order valence-corrected chi connectivity index (χ4v) is 4.24. The van der Waals surface area contributed by atoms with Crippen molar-refractivity contribution in [1.29, 1.82) is 0 Å². The van der Waals surface area contributed by atoms with Crippen LogP contribution in [0.2, 0.25) is 0 Å². The molecule has 2 aliphatic heterocycles. The van der Waals surface area contributed by atoms with E-state index in [-0.39, 0.29) is 11.2 Å². The first kappa shape index (κ1) is 19.9. The van der Waals surface area contributed by atoms with Crippen molar-refractivity contribution in [2.45, 2.75) is 63.7 Å². The number of nitrogens with one attached hydrogen (secondary N) is 2. The van der Waals surface area contributed by atoms with Crippen molar-refractivity contribution in [1.82, 2.24) is 20.4 Å². The van der Waals surface area contributed by atoms with Gasteiger partial charge in [0.1, 0.15) is 6.61 Å². The summed E-state index contributed by atoms with van der Waals surface area (Å²) in [5, 5.41) is 10.1. The standard InChI is InChI=1S/C20H32N4O3/c1-5-19-7-8-20(6-2,27-19)12-15(11-19)17-16(13-22-23-17)14-24(4)9-10-26-18(25)21-3/h11,13H,5-10,12,14H2,1-4H3,(H,21,25)(H,22,23). The second kappa shape index (κ2) is 8.02. The third kappa shape index (κ3) is 4.19. The Balaban J connectivity index is 1.70. The minimum atomic E-state index is -0.398. The molecule has 150 valence electrons. The molecule has 2 aliphatic rings. The van der Waals surface area contributed by atoms with Crippen molar-refractivity contribution in [2.75, 3.05) is 27.2 Å². The van der Waals surface area contributed by atoms with E-state index in [0.717, 1.165) is 44.3 Å². The summed E-state index contributed by atoms with van der Waals surface area (Å²) < 4.78 is 11.6. The number of aromatic amines is 1. The molecule has 0 aromatic carbocycles. The molecule has 0 saturated carbocycles. The van der Waals surface area contributed by atoms with E-state index in [4.69, 9.17) is 9.47 Å². The van der Waals surface area contributed by atoms with Crippen molar-refractivity contribution in [2.24, 2.45) is 0 Å². The Kier molecular flexibility index (Phi) is 5.91. The van der Waals surface area contributed by atoms with Gasteiger partial charge in [-0.05, 0) is 44.4 Å². The van der Waals surface area contributed by atoms with Gasteiger partial charge in [-0.15, -0.1) is 0 Å². The van der Waals surface area contributed by atoms with Crippen LogP contribution in [0.1, 0.15) is 57.2 Å². The first-order chi connectivity index (χ1) is 12.9. The maximum Gasteiger partial charge on any atom is 0.406 e. The number of hydrogen-bond donors (Lipinski definition) is 2. The van der Waals surface area contributed by atoms with Crippen LogP contribution in [0, 0.1) is 0 Å². The lowest BCUT2D eigenvalue weighted by Gasteiger charge is -2.38. The number of carbonyl (C=O) groups is 1. The van der Waals surface area contributed by atoms with Gasteiger partial charge in [0.15, 0.2) is 0 Å². The number of amides is 1. The van der Waals surface area contributed by atoms with Crippen LogP contribution in [-0.2, 0) is 16.0 Å². The first-order valence-corrected chi connectivity index (χ1v) is 9.93. The van der Waals surface area contributed by atoms with E-state index < -0.39 is 6.09 Å². The number of H-pyrrole nitrogens is 1. The van der Waals surface area contributed by atoms with Crippen molar-refractivity contribution in [3.63, 3.8) is 0 Å². The van der Waals surface area contributed by atoms with E-state index in [1.165, 1.54) is 11.1 Å². The quantitative estimate of drug-likeness (QED) is 0.729. The molecular formula is C20H32N4O3. The van der Waals surface area contributed by atoms with E-state index in [2.05, 4.69) is 40.3 Å². The maximum atomic E-state index is 11.2. The van der Waals surface area contributed by atoms with Crippen LogP contribution in [0.3, 0.4) is 0 Å². The second-order valence-corrected chi connectivity index (χ2v) is 7.79. The van der Waals surface area contributed by atoms with Gasteiger partial charge >= 0.3 is 6.09 Å². The predicted molar refractivity (Wildman–Crippen MR) is 104 cm³/mol. The Morgan fingerprint density at radius 3 is 2.93 bits per heavy atom. The van der Waals surface area contributed by atoms with Gasteiger partial charge in [0.2, 0.25) is 0 Å². The Hall–Kier alpha value is -1.86. The van der Waals surface area contributed by atoms with Gasteiger partial charge in [0, 0.05) is 38.3 Å². The number of nitrogens with zero attached hydrogens (tertiary/aromatic N) is 2. The van der Waals surface area contributed by atoms with Gasteiger partial charge in [-0.1, -0.05) is 13.8 Å². The number of fused-ring (bicyclic) bond motifs is 2. The summed E-state index contributed by atoms with van der Waals surface area (Å²) in [4.78, 5) is 13.3. The normalized spacial score (nSPS) is 26.9. The van der Waals surface area contributed by atoms with Gasteiger partial charge < -0.3 is 14.8 Å². The second-order valence-electron chi connectivity index (χ2n) is 7.79. The highest BCUT2D eigenvalue weighted by molar-refractivity contribution is 5.68. The van der Waals surface area contributed by atoms with Gasteiger partial charge in [0.25, 0.3) is 0 Å². The van der Waals surface area contributed by atoms with E-state index in [9.17, 15) is 4.79 Å². The number of ether oxygens (including phenoxy) is 2. The zero-order valence-electron chi connectivity index (χ0n) is 16.9. The number of rotatable bonds is 8. The molecule has 3 heterocycles. The van der Waals surface area contributed by atoms with Crippen LogP contribution >= 0.6 is 0 Å². The fourth-order valence-electron chi connectivity index (χ4n) is 4.24. The molecule has 1 aromatic heterocycles. The highest BCUT2D eigenvalue weighted by Crippen LogP contribution is 2.52. The Bertz CT molecular complexity index is 701. The molecule has 1 saturated heterocycles. The van der Waals surface area contributed by atoms with Crippen LogP contribution in [0.4, 0.5) is 4.79 Å².